The first-order valence-corrected chi connectivity index (χ1v) is 6.39. The second-order valence-electron chi connectivity index (χ2n) is 4.85. The Kier molecular flexibility index (Phi) is 4.58. The molecule has 0 saturated carbocycles. The van der Waals surface area contributed by atoms with Crippen molar-refractivity contribution in [2.75, 3.05) is 13.1 Å². The highest BCUT2D eigenvalue weighted by Crippen LogP contribution is 2.15. The number of likely N-dealkylation sites (tertiary alicyclic amines) is 1. The summed E-state index contributed by atoms with van der Waals surface area (Å²) in [6.07, 6.45) is 2.96. The fourth-order valence-electron chi connectivity index (χ4n) is 2.49. The molecule has 1 aliphatic heterocycles. The molecule has 1 saturated heterocycles. The number of halogens is 1. The lowest BCUT2D eigenvalue weighted by Gasteiger charge is -2.16. The summed E-state index contributed by atoms with van der Waals surface area (Å²) in [6, 6.07) is 12.7. The Morgan fingerprint density at radius 1 is 1.21 bits per heavy atom. The molecule has 0 radical (unpaired) electrons. The minimum absolute atomic E-state index is 0. The van der Waals surface area contributed by atoms with Crippen molar-refractivity contribution in [2.24, 2.45) is 5.73 Å². The highest BCUT2D eigenvalue weighted by atomic mass is 35.5. The van der Waals surface area contributed by atoms with Crippen molar-refractivity contribution >= 4 is 12.4 Å². The lowest BCUT2D eigenvalue weighted by atomic mass is 10.3. The number of hydrogen-bond donors (Lipinski definition) is 1. The van der Waals surface area contributed by atoms with Crippen molar-refractivity contribution in [1.29, 1.82) is 0 Å². The van der Waals surface area contributed by atoms with Crippen LogP contribution in [0.1, 0.15) is 12.1 Å². The third kappa shape index (κ3) is 3.15. The Hall–Kier alpha value is -1.36. The SMILES string of the molecule is Cl.N[C@@H]1CCN(Cc2ccnn2-c2ccccc2)C1. The van der Waals surface area contributed by atoms with Gasteiger partial charge in [0.1, 0.15) is 0 Å². The van der Waals surface area contributed by atoms with Crippen molar-refractivity contribution in [3.8, 4) is 5.69 Å². The van der Waals surface area contributed by atoms with Crippen molar-refractivity contribution < 1.29 is 0 Å². The van der Waals surface area contributed by atoms with Gasteiger partial charge in [0.25, 0.3) is 0 Å². The maximum atomic E-state index is 5.94. The van der Waals surface area contributed by atoms with Gasteiger partial charge >= 0.3 is 0 Å². The number of nitrogens with two attached hydrogens (primary N) is 1. The number of hydrogen-bond acceptors (Lipinski definition) is 3. The first-order chi connectivity index (χ1) is 8.83. The predicted molar refractivity (Wildman–Crippen MR) is 78.7 cm³/mol. The zero-order valence-corrected chi connectivity index (χ0v) is 11.6. The average molecular weight is 279 g/mol. The van der Waals surface area contributed by atoms with Gasteiger partial charge in [-0.1, -0.05) is 18.2 Å². The van der Waals surface area contributed by atoms with E-state index in [-0.39, 0.29) is 12.4 Å². The molecule has 0 bridgehead atoms. The zero-order valence-electron chi connectivity index (χ0n) is 10.8. The van der Waals surface area contributed by atoms with Gasteiger partial charge in [0.15, 0.2) is 0 Å². The largest absolute Gasteiger partial charge is 0.326 e. The average Bonchev–Trinajstić information content (AvgIpc) is 3.00. The van der Waals surface area contributed by atoms with Crippen LogP contribution in [0.15, 0.2) is 42.6 Å². The minimum Gasteiger partial charge on any atom is -0.326 e. The molecule has 0 spiro atoms. The van der Waals surface area contributed by atoms with E-state index in [1.54, 1.807) is 0 Å². The summed E-state index contributed by atoms with van der Waals surface area (Å²) in [5.74, 6) is 0. The normalized spacial score (nSPS) is 19.3. The van der Waals surface area contributed by atoms with Crippen molar-refractivity contribution in [3.63, 3.8) is 0 Å². The van der Waals surface area contributed by atoms with Crippen LogP contribution in [0.2, 0.25) is 0 Å². The molecule has 1 atom stereocenters. The maximum Gasteiger partial charge on any atom is 0.0649 e. The van der Waals surface area contributed by atoms with E-state index in [1.807, 2.05) is 29.1 Å². The van der Waals surface area contributed by atoms with Crippen LogP contribution < -0.4 is 5.73 Å². The number of benzene rings is 1. The van der Waals surface area contributed by atoms with E-state index in [4.69, 9.17) is 5.73 Å². The summed E-state index contributed by atoms with van der Waals surface area (Å²) >= 11 is 0. The smallest absolute Gasteiger partial charge is 0.0649 e. The number of rotatable bonds is 3. The second kappa shape index (κ2) is 6.19. The Labute approximate surface area is 119 Å². The quantitative estimate of drug-likeness (QED) is 0.932. The van der Waals surface area contributed by atoms with Crippen LogP contribution in [0.5, 0.6) is 0 Å². The third-order valence-electron chi connectivity index (χ3n) is 3.42. The van der Waals surface area contributed by atoms with E-state index in [1.165, 1.54) is 5.69 Å². The Morgan fingerprint density at radius 3 is 2.68 bits per heavy atom. The molecule has 1 fully saturated rings. The highest BCUT2D eigenvalue weighted by molar-refractivity contribution is 5.85. The highest BCUT2D eigenvalue weighted by Gasteiger charge is 2.20. The lowest BCUT2D eigenvalue weighted by molar-refractivity contribution is 0.319. The number of para-hydroxylation sites is 1. The molecule has 1 aromatic carbocycles. The Morgan fingerprint density at radius 2 is 2.00 bits per heavy atom. The van der Waals surface area contributed by atoms with Gasteiger partial charge in [0.2, 0.25) is 0 Å². The molecule has 1 aromatic heterocycles. The Balaban J connectivity index is 0.00000133. The fourth-order valence-corrected chi connectivity index (χ4v) is 2.49. The molecule has 2 aromatic rings. The van der Waals surface area contributed by atoms with Crippen LogP contribution in [-0.2, 0) is 6.54 Å². The van der Waals surface area contributed by atoms with Crippen LogP contribution in [0, 0.1) is 0 Å². The van der Waals surface area contributed by atoms with Gasteiger partial charge in [-0.15, -0.1) is 12.4 Å². The van der Waals surface area contributed by atoms with Crippen LogP contribution >= 0.6 is 12.4 Å². The molecule has 4 nitrogen and oxygen atoms in total. The van der Waals surface area contributed by atoms with E-state index >= 15 is 0 Å². The lowest BCUT2D eigenvalue weighted by Crippen LogP contribution is -2.27. The van der Waals surface area contributed by atoms with Gasteiger partial charge in [-0.25, -0.2) is 4.68 Å². The van der Waals surface area contributed by atoms with E-state index in [0.717, 1.165) is 31.7 Å². The van der Waals surface area contributed by atoms with Gasteiger partial charge in [-0.3, -0.25) is 4.90 Å². The van der Waals surface area contributed by atoms with E-state index in [9.17, 15) is 0 Å². The Bertz CT molecular complexity index is 511. The molecule has 0 amide bonds. The predicted octanol–water partition coefficient (Wildman–Crippen LogP) is 1.83. The van der Waals surface area contributed by atoms with Crippen molar-refractivity contribution in [3.05, 3.63) is 48.3 Å². The summed E-state index contributed by atoms with van der Waals surface area (Å²) in [4.78, 5) is 2.39. The van der Waals surface area contributed by atoms with Crippen LogP contribution in [0.3, 0.4) is 0 Å². The first kappa shape index (κ1) is 14.1. The summed E-state index contributed by atoms with van der Waals surface area (Å²) in [7, 11) is 0. The maximum absolute atomic E-state index is 5.94. The molecule has 2 heterocycles. The van der Waals surface area contributed by atoms with Crippen LogP contribution in [-0.4, -0.2) is 33.8 Å². The van der Waals surface area contributed by atoms with Gasteiger partial charge in [-0.2, -0.15) is 5.10 Å². The summed E-state index contributed by atoms with van der Waals surface area (Å²) in [6.45, 7) is 2.99. The monoisotopic (exact) mass is 278 g/mol. The van der Waals surface area contributed by atoms with E-state index < -0.39 is 0 Å². The molecule has 1 aliphatic rings. The molecule has 102 valence electrons. The zero-order chi connectivity index (χ0) is 12.4. The second-order valence-corrected chi connectivity index (χ2v) is 4.85. The fraction of sp³-hybridized carbons (Fsp3) is 0.357. The third-order valence-corrected chi connectivity index (χ3v) is 3.42. The van der Waals surface area contributed by atoms with E-state index in [2.05, 4.69) is 28.2 Å². The molecule has 3 rings (SSSR count). The molecular formula is C14H19ClN4. The van der Waals surface area contributed by atoms with Gasteiger partial charge < -0.3 is 5.73 Å². The van der Waals surface area contributed by atoms with Crippen molar-refractivity contribution in [2.45, 2.75) is 19.0 Å². The van der Waals surface area contributed by atoms with Crippen LogP contribution in [0.4, 0.5) is 0 Å². The summed E-state index contributed by atoms with van der Waals surface area (Å²) in [5.41, 5.74) is 8.27. The molecule has 2 N–H and O–H groups in total. The van der Waals surface area contributed by atoms with Crippen LogP contribution in [0.25, 0.3) is 5.69 Å². The van der Waals surface area contributed by atoms with Crippen molar-refractivity contribution in [1.82, 2.24) is 14.7 Å². The van der Waals surface area contributed by atoms with E-state index in [0.29, 0.717) is 6.04 Å². The summed E-state index contributed by atoms with van der Waals surface area (Å²) in [5, 5.41) is 4.41. The topological polar surface area (TPSA) is 47.1 Å². The molecule has 19 heavy (non-hydrogen) atoms. The number of aromatic nitrogens is 2. The van der Waals surface area contributed by atoms with Gasteiger partial charge in [-0.05, 0) is 24.6 Å². The molecular weight excluding hydrogens is 260 g/mol. The first-order valence-electron chi connectivity index (χ1n) is 6.39. The number of nitrogens with zero attached hydrogens (tertiary/aromatic N) is 3. The minimum atomic E-state index is 0. The van der Waals surface area contributed by atoms with Gasteiger partial charge in [0, 0.05) is 31.9 Å². The molecule has 0 aliphatic carbocycles. The standard InChI is InChI=1S/C14H18N4.ClH/c15-12-7-9-17(10-12)11-14-6-8-16-18(14)13-4-2-1-3-5-13;/h1-6,8,12H,7,9-11,15H2;1H/t12-;/m1./s1. The summed E-state index contributed by atoms with van der Waals surface area (Å²) < 4.78 is 2.00. The van der Waals surface area contributed by atoms with Gasteiger partial charge in [0.05, 0.1) is 11.4 Å². The molecule has 0 unspecified atom stereocenters. The molecule has 5 heteroatoms.